The first-order valence-electron chi connectivity index (χ1n) is 9.27. The first kappa shape index (κ1) is 19.4. The molecule has 1 N–H and O–H groups in total. The van der Waals surface area contributed by atoms with Crippen LogP contribution in [0.5, 0.6) is 0 Å². The second kappa shape index (κ2) is 8.99. The van der Waals surface area contributed by atoms with Gasteiger partial charge in [0.1, 0.15) is 6.04 Å². The second-order valence-corrected chi connectivity index (χ2v) is 7.21. The van der Waals surface area contributed by atoms with Gasteiger partial charge < -0.3 is 15.1 Å². The second-order valence-electron chi connectivity index (χ2n) is 7.21. The molecule has 1 aliphatic rings. The van der Waals surface area contributed by atoms with Crippen molar-refractivity contribution < 1.29 is 9.59 Å². The van der Waals surface area contributed by atoms with E-state index >= 15 is 0 Å². The molecule has 0 aromatic heterocycles. The van der Waals surface area contributed by atoms with Crippen molar-refractivity contribution in [2.24, 2.45) is 5.92 Å². The molecule has 2 rings (SSSR count). The zero-order valence-corrected chi connectivity index (χ0v) is 15.9. The summed E-state index contributed by atoms with van der Waals surface area (Å²) in [5, 5.41) is 3.01. The molecule has 0 spiro atoms. The van der Waals surface area contributed by atoms with Crippen molar-refractivity contribution in [1.29, 1.82) is 0 Å². The molecular formula is C20H31N3O2. The summed E-state index contributed by atoms with van der Waals surface area (Å²) in [6.07, 6.45) is 1.65. The van der Waals surface area contributed by atoms with Gasteiger partial charge in [0, 0.05) is 25.6 Å². The first-order valence-corrected chi connectivity index (χ1v) is 9.27. The van der Waals surface area contributed by atoms with E-state index in [4.69, 9.17) is 0 Å². The molecule has 25 heavy (non-hydrogen) atoms. The normalized spacial score (nSPS) is 17.4. The summed E-state index contributed by atoms with van der Waals surface area (Å²) >= 11 is 0. The van der Waals surface area contributed by atoms with Crippen LogP contribution >= 0.6 is 0 Å². The van der Waals surface area contributed by atoms with E-state index in [1.54, 1.807) is 4.90 Å². The zero-order chi connectivity index (χ0) is 18.4. The number of nitrogens with zero attached hydrogens (tertiary/aromatic N) is 2. The molecule has 0 bridgehead atoms. The van der Waals surface area contributed by atoms with Crippen molar-refractivity contribution >= 4 is 11.8 Å². The van der Waals surface area contributed by atoms with Gasteiger partial charge in [-0.3, -0.25) is 9.59 Å². The molecule has 1 heterocycles. The van der Waals surface area contributed by atoms with Crippen LogP contribution in [0.15, 0.2) is 24.3 Å². The summed E-state index contributed by atoms with van der Waals surface area (Å²) in [4.78, 5) is 28.8. The van der Waals surface area contributed by atoms with E-state index in [1.807, 2.05) is 26.0 Å². The summed E-state index contributed by atoms with van der Waals surface area (Å²) < 4.78 is 0. The molecule has 2 amide bonds. The smallest absolute Gasteiger partial charge is 0.243 e. The molecule has 0 aliphatic carbocycles. The fourth-order valence-corrected chi connectivity index (χ4v) is 3.20. The molecular weight excluding hydrogens is 314 g/mol. The number of hydrogen-bond donors (Lipinski definition) is 1. The lowest BCUT2D eigenvalue weighted by Gasteiger charge is -2.25. The highest BCUT2D eigenvalue weighted by atomic mass is 16.2. The Morgan fingerprint density at radius 1 is 1.32 bits per heavy atom. The van der Waals surface area contributed by atoms with Crippen molar-refractivity contribution in [3.63, 3.8) is 0 Å². The first-order chi connectivity index (χ1) is 11.9. The third-order valence-electron chi connectivity index (χ3n) is 4.78. The average Bonchev–Trinajstić information content (AvgIpc) is 3.08. The Bertz CT molecular complexity index is 600. The number of nitrogens with one attached hydrogen (secondary N) is 1. The minimum atomic E-state index is -0.315. The number of likely N-dealkylation sites (tertiary alicyclic amines) is 1. The molecule has 1 aliphatic heterocycles. The summed E-state index contributed by atoms with van der Waals surface area (Å²) in [5.74, 6) is -0.0366. The van der Waals surface area contributed by atoms with Crippen molar-refractivity contribution in [3.05, 3.63) is 35.4 Å². The summed E-state index contributed by atoms with van der Waals surface area (Å²) in [6, 6.07) is 7.99. The largest absolute Gasteiger partial charge is 0.350 e. The molecule has 1 unspecified atom stereocenters. The van der Waals surface area contributed by atoms with Crippen molar-refractivity contribution in [3.8, 4) is 0 Å². The zero-order valence-electron chi connectivity index (χ0n) is 15.9. The third-order valence-corrected chi connectivity index (χ3v) is 4.78. The number of hydrogen-bond acceptors (Lipinski definition) is 3. The topological polar surface area (TPSA) is 52.7 Å². The van der Waals surface area contributed by atoms with Crippen molar-refractivity contribution in [2.75, 3.05) is 20.1 Å². The molecule has 1 fully saturated rings. The van der Waals surface area contributed by atoms with Crippen LogP contribution in [0.25, 0.3) is 0 Å². The van der Waals surface area contributed by atoms with Gasteiger partial charge in [-0.1, -0.05) is 45.0 Å². The number of carbonyl (C=O) groups excluding carboxylic acids is 2. The predicted molar refractivity (Wildman–Crippen MR) is 99.9 cm³/mol. The molecule has 138 valence electrons. The van der Waals surface area contributed by atoms with Crippen LogP contribution in [-0.2, 0) is 22.7 Å². The fraction of sp³-hybridized carbons (Fsp3) is 0.600. The molecule has 1 aromatic rings. The third kappa shape index (κ3) is 5.30. The maximum atomic E-state index is 12.6. The lowest BCUT2D eigenvalue weighted by Crippen LogP contribution is -2.47. The predicted octanol–water partition coefficient (Wildman–Crippen LogP) is 2.40. The highest BCUT2D eigenvalue weighted by molar-refractivity contribution is 5.88. The molecule has 1 atom stereocenters. The van der Waals surface area contributed by atoms with E-state index in [0.29, 0.717) is 13.1 Å². The minimum absolute atomic E-state index is 0.0393. The lowest BCUT2D eigenvalue weighted by molar-refractivity contribution is -0.140. The number of carbonyl (C=O) groups is 2. The Balaban J connectivity index is 1.93. The Kier molecular flexibility index (Phi) is 7.00. The summed E-state index contributed by atoms with van der Waals surface area (Å²) in [6.45, 7) is 9.00. The monoisotopic (exact) mass is 345 g/mol. The maximum absolute atomic E-state index is 12.6. The van der Waals surface area contributed by atoms with Gasteiger partial charge in [0.05, 0.1) is 0 Å². The van der Waals surface area contributed by atoms with E-state index in [-0.39, 0.29) is 23.8 Å². The highest BCUT2D eigenvalue weighted by Crippen LogP contribution is 2.20. The number of rotatable bonds is 7. The van der Waals surface area contributed by atoms with Crippen LogP contribution in [0.2, 0.25) is 0 Å². The minimum Gasteiger partial charge on any atom is -0.350 e. The molecule has 1 aromatic carbocycles. The van der Waals surface area contributed by atoms with Crippen molar-refractivity contribution in [2.45, 2.75) is 52.7 Å². The quantitative estimate of drug-likeness (QED) is 0.826. The van der Waals surface area contributed by atoms with E-state index in [9.17, 15) is 9.59 Å². The average molecular weight is 345 g/mol. The van der Waals surface area contributed by atoms with Crippen LogP contribution < -0.4 is 5.32 Å². The van der Waals surface area contributed by atoms with E-state index in [0.717, 1.165) is 31.5 Å². The van der Waals surface area contributed by atoms with Crippen LogP contribution in [0.4, 0.5) is 0 Å². The molecule has 5 nitrogen and oxygen atoms in total. The molecule has 0 radical (unpaired) electrons. The maximum Gasteiger partial charge on any atom is 0.243 e. The number of benzene rings is 1. The Labute approximate surface area is 151 Å². The van der Waals surface area contributed by atoms with Crippen LogP contribution in [-0.4, -0.2) is 47.8 Å². The highest BCUT2D eigenvalue weighted by Gasteiger charge is 2.34. The molecule has 0 saturated carbocycles. The van der Waals surface area contributed by atoms with Gasteiger partial charge in [-0.05, 0) is 37.6 Å². The van der Waals surface area contributed by atoms with Gasteiger partial charge in [-0.2, -0.15) is 0 Å². The standard InChI is InChI=1S/C20H31N3O2/c1-5-22(4)14-17-9-6-8-16(12-17)13-21-19(24)18-10-7-11-23(18)20(25)15(2)3/h6,8-9,12,15,18H,5,7,10-11,13-14H2,1-4H3,(H,21,24). The molecule has 5 heteroatoms. The lowest BCUT2D eigenvalue weighted by atomic mass is 10.1. The summed E-state index contributed by atoms with van der Waals surface area (Å²) in [7, 11) is 2.09. The Morgan fingerprint density at radius 3 is 2.72 bits per heavy atom. The van der Waals surface area contributed by atoms with E-state index in [1.165, 1.54) is 5.56 Å². The van der Waals surface area contributed by atoms with E-state index in [2.05, 4.69) is 36.3 Å². The van der Waals surface area contributed by atoms with Gasteiger partial charge in [0.25, 0.3) is 0 Å². The van der Waals surface area contributed by atoms with Crippen LogP contribution in [0.3, 0.4) is 0 Å². The molecule has 1 saturated heterocycles. The van der Waals surface area contributed by atoms with Gasteiger partial charge >= 0.3 is 0 Å². The Morgan fingerprint density at radius 2 is 2.04 bits per heavy atom. The van der Waals surface area contributed by atoms with Gasteiger partial charge in [0.15, 0.2) is 0 Å². The van der Waals surface area contributed by atoms with Crippen LogP contribution in [0.1, 0.15) is 44.7 Å². The summed E-state index contributed by atoms with van der Waals surface area (Å²) in [5.41, 5.74) is 2.34. The van der Waals surface area contributed by atoms with Crippen molar-refractivity contribution in [1.82, 2.24) is 15.1 Å². The van der Waals surface area contributed by atoms with Gasteiger partial charge in [0.2, 0.25) is 11.8 Å². The van der Waals surface area contributed by atoms with Crippen LogP contribution in [0, 0.1) is 5.92 Å². The van der Waals surface area contributed by atoms with Gasteiger partial charge in [-0.15, -0.1) is 0 Å². The SMILES string of the molecule is CCN(C)Cc1cccc(CNC(=O)C2CCCN2C(=O)C(C)C)c1. The number of amides is 2. The van der Waals surface area contributed by atoms with Gasteiger partial charge in [-0.25, -0.2) is 0 Å². The Hall–Kier alpha value is -1.88. The fourth-order valence-electron chi connectivity index (χ4n) is 3.20. The van der Waals surface area contributed by atoms with E-state index < -0.39 is 0 Å².